The molecule has 2 aromatic carbocycles. The van der Waals surface area contributed by atoms with Gasteiger partial charge in [-0.3, -0.25) is 4.79 Å². The van der Waals surface area contributed by atoms with Gasteiger partial charge in [0.1, 0.15) is 6.04 Å². The summed E-state index contributed by atoms with van der Waals surface area (Å²) in [5.74, 6) is 0.471. The Labute approximate surface area is 130 Å². The fraction of sp³-hybridized carbons (Fsp3) is 0.278. The molecule has 2 saturated heterocycles. The fourth-order valence-corrected chi connectivity index (χ4v) is 3.52. The van der Waals surface area contributed by atoms with Crippen molar-refractivity contribution in [3.05, 3.63) is 71.8 Å². The van der Waals surface area contributed by atoms with Crippen molar-refractivity contribution in [1.29, 1.82) is 0 Å². The Morgan fingerprint density at radius 2 is 1.55 bits per heavy atom. The maximum atomic E-state index is 12.6. The van der Waals surface area contributed by atoms with E-state index in [1.54, 1.807) is 0 Å². The molecule has 0 aliphatic carbocycles. The van der Waals surface area contributed by atoms with Crippen LogP contribution in [0.15, 0.2) is 60.7 Å². The van der Waals surface area contributed by atoms with Gasteiger partial charge >= 0.3 is 0 Å². The average Bonchev–Trinajstić information content (AvgIpc) is 3.11. The van der Waals surface area contributed by atoms with Gasteiger partial charge in [-0.1, -0.05) is 60.7 Å². The number of carbonyl (C=O) groups is 1. The van der Waals surface area contributed by atoms with Crippen molar-refractivity contribution in [3.8, 4) is 0 Å². The van der Waals surface area contributed by atoms with E-state index in [9.17, 15) is 4.79 Å². The average molecular weight is 293 g/mol. The lowest BCUT2D eigenvalue weighted by Crippen LogP contribution is -2.40. The Bertz CT molecular complexity index is 659. The molecule has 3 unspecified atom stereocenters. The van der Waals surface area contributed by atoms with Crippen LogP contribution in [0, 0.1) is 5.92 Å². The van der Waals surface area contributed by atoms with Crippen LogP contribution in [-0.4, -0.2) is 23.4 Å². The highest BCUT2D eigenvalue weighted by molar-refractivity contribution is 5.85. The zero-order valence-corrected chi connectivity index (χ0v) is 12.3. The minimum Gasteiger partial charge on any atom is -0.337 e. The van der Waals surface area contributed by atoms with E-state index in [4.69, 9.17) is 0 Å². The summed E-state index contributed by atoms with van der Waals surface area (Å²) in [6, 6.07) is 20.6. The quantitative estimate of drug-likeness (QED) is 0.908. The highest BCUT2D eigenvalue weighted by atomic mass is 16.2. The van der Waals surface area contributed by atoms with Crippen molar-refractivity contribution in [3.63, 3.8) is 0 Å². The van der Waals surface area contributed by atoms with E-state index in [1.165, 1.54) is 11.1 Å². The Hall–Kier alpha value is -2.17. The molecule has 2 N–H and O–H groups in total. The molecule has 0 radical (unpaired) electrons. The maximum absolute atomic E-state index is 12.6. The minimum absolute atomic E-state index is 0.117. The monoisotopic (exact) mass is 293 g/mol. The largest absolute Gasteiger partial charge is 0.337 e. The normalized spacial score (nSPS) is 27.2. The Morgan fingerprint density at radius 3 is 2.27 bits per heavy atom. The van der Waals surface area contributed by atoms with E-state index < -0.39 is 0 Å². The first-order valence-corrected chi connectivity index (χ1v) is 7.71. The number of hydrazine groups is 1. The molecular weight excluding hydrogens is 274 g/mol. The molecule has 22 heavy (non-hydrogen) atoms. The second kappa shape index (κ2) is 5.55. The van der Waals surface area contributed by atoms with E-state index in [-0.39, 0.29) is 23.9 Å². The van der Waals surface area contributed by atoms with Gasteiger partial charge in [0.25, 0.3) is 0 Å². The molecule has 1 amide bonds. The molecule has 3 atom stereocenters. The van der Waals surface area contributed by atoms with Gasteiger partial charge in [0.05, 0.1) is 6.04 Å². The molecule has 4 rings (SSSR count). The second-order valence-electron chi connectivity index (χ2n) is 6.02. The lowest BCUT2D eigenvalue weighted by molar-refractivity contribution is -0.130. The molecule has 112 valence electrons. The molecule has 2 aromatic rings. The van der Waals surface area contributed by atoms with Crippen molar-refractivity contribution >= 4 is 5.91 Å². The van der Waals surface area contributed by atoms with Gasteiger partial charge in [-0.15, -0.1) is 0 Å². The van der Waals surface area contributed by atoms with Gasteiger partial charge < -0.3 is 4.90 Å². The maximum Gasteiger partial charge on any atom is 0.241 e. The van der Waals surface area contributed by atoms with Crippen LogP contribution in [-0.2, 0) is 11.3 Å². The van der Waals surface area contributed by atoms with E-state index in [0.29, 0.717) is 6.54 Å². The van der Waals surface area contributed by atoms with Crippen molar-refractivity contribution in [2.75, 3.05) is 6.54 Å². The topological polar surface area (TPSA) is 44.4 Å². The van der Waals surface area contributed by atoms with Gasteiger partial charge in [-0.05, 0) is 11.1 Å². The summed E-state index contributed by atoms with van der Waals surface area (Å²) in [6.45, 7) is 1.48. The smallest absolute Gasteiger partial charge is 0.241 e. The van der Waals surface area contributed by atoms with Gasteiger partial charge in [0, 0.05) is 19.0 Å². The Balaban J connectivity index is 1.52. The number of fused-ring (bicyclic) bond motifs is 1. The third-order valence-electron chi connectivity index (χ3n) is 4.63. The lowest BCUT2D eigenvalue weighted by Gasteiger charge is -2.21. The number of carbonyl (C=O) groups excluding carboxylic acids is 1. The molecule has 4 heteroatoms. The molecule has 2 heterocycles. The van der Waals surface area contributed by atoms with E-state index in [0.717, 1.165) is 6.54 Å². The molecule has 0 spiro atoms. The molecule has 0 saturated carbocycles. The third-order valence-corrected chi connectivity index (χ3v) is 4.63. The van der Waals surface area contributed by atoms with Gasteiger partial charge in [0.15, 0.2) is 0 Å². The second-order valence-corrected chi connectivity index (χ2v) is 6.02. The van der Waals surface area contributed by atoms with Crippen LogP contribution in [0.1, 0.15) is 17.2 Å². The summed E-state index contributed by atoms with van der Waals surface area (Å²) < 4.78 is 0. The number of rotatable bonds is 3. The third kappa shape index (κ3) is 2.30. The number of hydrogen-bond donors (Lipinski definition) is 2. The summed E-state index contributed by atoms with van der Waals surface area (Å²) >= 11 is 0. The van der Waals surface area contributed by atoms with Crippen LogP contribution in [0.3, 0.4) is 0 Å². The number of nitrogens with one attached hydrogen (secondary N) is 2. The first kappa shape index (κ1) is 13.5. The van der Waals surface area contributed by atoms with Crippen LogP contribution in [0.4, 0.5) is 0 Å². The SMILES string of the molecule is O=C1C2NNC(c3ccccc3)C2CN1Cc1ccccc1. The highest BCUT2D eigenvalue weighted by Crippen LogP contribution is 2.35. The molecule has 0 bridgehead atoms. The Morgan fingerprint density at radius 1 is 0.909 bits per heavy atom. The van der Waals surface area contributed by atoms with Gasteiger partial charge in [0.2, 0.25) is 5.91 Å². The molecule has 2 aliphatic heterocycles. The summed E-state index contributed by atoms with van der Waals surface area (Å²) in [5, 5.41) is 0. The number of benzene rings is 2. The molecular formula is C18H19N3O. The summed E-state index contributed by atoms with van der Waals surface area (Å²) in [6.07, 6.45) is 0. The predicted octanol–water partition coefficient (Wildman–Crippen LogP) is 1.86. The van der Waals surface area contributed by atoms with Crippen molar-refractivity contribution < 1.29 is 4.79 Å². The Kier molecular flexibility index (Phi) is 3.41. The molecule has 2 fully saturated rings. The summed E-state index contributed by atoms with van der Waals surface area (Å²) in [4.78, 5) is 14.6. The number of nitrogens with zero attached hydrogens (tertiary/aromatic N) is 1. The standard InChI is InChI=1S/C18H19N3O/c22-18-17-15(12-21(18)11-13-7-3-1-4-8-13)16(19-20-17)14-9-5-2-6-10-14/h1-10,15-17,19-20H,11-12H2. The van der Waals surface area contributed by atoms with E-state index >= 15 is 0 Å². The van der Waals surface area contributed by atoms with Crippen LogP contribution in [0.5, 0.6) is 0 Å². The van der Waals surface area contributed by atoms with Crippen LogP contribution in [0.25, 0.3) is 0 Å². The first-order valence-electron chi connectivity index (χ1n) is 7.71. The summed E-state index contributed by atoms with van der Waals surface area (Å²) in [7, 11) is 0. The number of amides is 1. The van der Waals surface area contributed by atoms with Crippen molar-refractivity contribution in [2.45, 2.75) is 18.6 Å². The number of likely N-dealkylation sites (tertiary alicyclic amines) is 1. The van der Waals surface area contributed by atoms with E-state index in [2.05, 4.69) is 35.1 Å². The molecule has 0 aromatic heterocycles. The van der Waals surface area contributed by atoms with Gasteiger partial charge in [-0.25, -0.2) is 10.9 Å². The van der Waals surface area contributed by atoms with Crippen molar-refractivity contribution in [2.24, 2.45) is 5.92 Å². The lowest BCUT2D eigenvalue weighted by atomic mass is 9.92. The first-order chi connectivity index (χ1) is 10.8. The number of hydrogen-bond acceptors (Lipinski definition) is 3. The van der Waals surface area contributed by atoms with Crippen LogP contribution < -0.4 is 10.9 Å². The van der Waals surface area contributed by atoms with Gasteiger partial charge in [-0.2, -0.15) is 0 Å². The van der Waals surface area contributed by atoms with Crippen LogP contribution in [0.2, 0.25) is 0 Å². The van der Waals surface area contributed by atoms with E-state index in [1.807, 2.05) is 41.3 Å². The predicted molar refractivity (Wildman–Crippen MR) is 84.6 cm³/mol. The van der Waals surface area contributed by atoms with Crippen LogP contribution >= 0.6 is 0 Å². The van der Waals surface area contributed by atoms with Crippen molar-refractivity contribution in [1.82, 2.24) is 15.8 Å². The molecule has 2 aliphatic rings. The highest BCUT2D eigenvalue weighted by Gasteiger charge is 2.48. The molecule has 4 nitrogen and oxygen atoms in total. The minimum atomic E-state index is -0.117. The zero-order chi connectivity index (χ0) is 14.9. The summed E-state index contributed by atoms with van der Waals surface area (Å²) in [5.41, 5.74) is 8.90. The fourth-order valence-electron chi connectivity index (χ4n) is 3.52. The zero-order valence-electron chi connectivity index (χ0n) is 12.3.